The summed E-state index contributed by atoms with van der Waals surface area (Å²) in [5.41, 5.74) is 6.21. The Morgan fingerprint density at radius 2 is 2.12 bits per heavy atom. The van der Waals surface area contributed by atoms with Gasteiger partial charge in [-0.3, -0.25) is 4.79 Å². The molecule has 0 spiro atoms. The number of carbonyl (C=O) groups excluding carboxylic acids is 1. The minimum Gasteiger partial charge on any atom is -0.397 e. The quantitative estimate of drug-likeness (QED) is 0.831. The molecular weight excluding hydrogens is 221 g/mol. The lowest BCUT2D eigenvalue weighted by molar-refractivity contribution is 0.102. The maximum Gasteiger partial charge on any atom is 0.256 e. The van der Waals surface area contributed by atoms with Crippen LogP contribution in [0.3, 0.4) is 0 Å². The molecule has 3 N–H and O–H groups in total. The second kappa shape index (κ2) is 4.61. The minimum atomic E-state index is -0.456. The van der Waals surface area contributed by atoms with Crippen LogP contribution in [0.1, 0.15) is 10.4 Å². The number of amides is 1. The zero-order valence-corrected chi connectivity index (χ0v) is 8.85. The van der Waals surface area contributed by atoms with E-state index in [1.807, 2.05) is 0 Å². The van der Waals surface area contributed by atoms with E-state index in [9.17, 15) is 9.18 Å². The van der Waals surface area contributed by atoms with E-state index in [2.05, 4.69) is 10.3 Å². The zero-order valence-electron chi connectivity index (χ0n) is 8.85. The van der Waals surface area contributed by atoms with Crippen molar-refractivity contribution in [3.8, 4) is 0 Å². The highest BCUT2D eigenvalue weighted by Crippen LogP contribution is 2.09. The molecule has 1 aromatic heterocycles. The van der Waals surface area contributed by atoms with Gasteiger partial charge < -0.3 is 11.1 Å². The smallest absolute Gasteiger partial charge is 0.256 e. The van der Waals surface area contributed by atoms with Crippen molar-refractivity contribution in [1.82, 2.24) is 4.98 Å². The van der Waals surface area contributed by atoms with Crippen LogP contribution in [-0.2, 0) is 0 Å². The molecule has 0 fully saturated rings. The second-order valence-electron chi connectivity index (χ2n) is 3.44. The summed E-state index contributed by atoms with van der Waals surface area (Å²) in [6.45, 7) is 0. The topological polar surface area (TPSA) is 68.0 Å². The third-order valence-electron chi connectivity index (χ3n) is 2.11. The number of nitrogens with two attached hydrogens (primary N) is 1. The van der Waals surface area contributed by atoms with E-state index in [-0.39, 0.29) is 5.56 Å². The molecule has 0 aliphatic carbocycles. The van der Waals surface area contributed by atoms with Crippen molar-refractivity contribution < 1.29 is 9.18 Å². The van der Waals surface area contributed by atoms with E-state index in [0.29, 0.717) is 11.5 Å². The largest absolute Gasteiger partial charge is 0.397 e. The van der Waals surface area contributed by atoms with Crippen molar-refractivity contribution >= 4 is 17.4 Å². The first kappa shape index (κ1) is 11.1. The Hall–Kier alpha value is -2.43. The highest BCUT2D eigenvalue weighted by molar-refractivity contribution is 6.03. The number of halogens is 1. The molecule has 86 valence electrons. The summed E-state index contributed by atoms with van der Waals surface area (Å²) in [5, 5.41) is 2.54. The fourth-order valence-electron chi connectivity index (χ4n) is 1.30. The Kier molecular flexibility index (Phi) is 3.00. The summed E-state index contributed by atoms with van der Waals surface area (Å²) in [4.78, 5) is 15.6. The van der Waals surface area contributed by atoms with Gasteiger partial charge in [-0.15, -0.1) is 0 Å². The maximum absolute atomic E-state index is 12.9. The number of pyridine rings is 1. The molecule has 0 radical (unpaired) electrons. The molecule has 0 saturated heterocycles. The van der Waals surface area contributed by atoms with Crippen molar-refractivity contribution in [2.75, 3.05) is 11.1 Å². The van der Waals surface area contributed by atoms with Crippen molar-refractivity contribution in [2.24, 2.45) is 0 Å². The van der Waals surface area contributed by atoms with E-state index < -0.39 is 11.7 Å². The molecule has 0 saturated carbocycles. The lowest BCUT2D eigenvalue weighted by atomic mass is 10.2. The molecule has 0 aliphatic heterocycles. The van der Waals surface area contributed by atoms with Crippen LogP contribution < -0.4 is 11.1 Å². The Morgan fingerprint density at radius 3 is 2.76 bits per heavy atom. The van der Waals surface area contributed by atoms with Crippen molar-refractivity contribution in [2.45, 2.75) is 0 Å². The number of benzene rings is 1. The standard InChI is InChI=1S/C12H10FN3O/c13-9-3-1-2-8(6-9)12(17)16-11-5-4-10(14)7-15-11/h1-7H,14H2,(H,15,16,17). The maximum atomic E-state index is 12.9. The fraction of sp³-hybridized carbons (Fsp3) is 0. The van der Waals surface area contributed by atoms with E-state index in [1.54, 1.807) is 12.1 Å². The molecule has 2 rings (SSSR count). The number of anilines is 2. The molecule has 1 heterocycles. The Labute approximate surface area is 97.3 Å². The Balaban J connectivity index is 2.14. The van der Waals surface area contributed by atoms with Gasteiger partial charge in [0.1, 0.15) is 11.6 Å². The first-order valence-electron chi connectivity index (χ1n) is 4.93. The molecule has 2 aromatic rings. The first-order valence-corrected chi connectivity index (χ1v) is 4.93. The molecule has 17 heavy (non-hydrogen) atoms. The van der Waals surface area contributed by atoms with Gasteiger partial charge in [-0.25, -0.2) is 9.37 Å². The van der Waals surface area contributed by atoms with E-state index >= 15 is 0 Å². The average Bonchev–Trinajstić information content (AvgIpc) is 2.32. The number of carbonyl (C=O) groups is 1. The molecular formula is C12H10FN3O. The summed E-state index contributed by atoms with van der Waals surface area (Å²) < 4.78 is 12.9. The van der Waals surface area contributed by atoms with Gasteiger partial charge in [-0.1, -0.05) is 6.07 Å². The predicted molar refractivity (Wildman–Crippen MR) is 63.0 cm³/mol. The summed E-state index contributed by atoms with van der Waals surface area (Å²) >= 11 is 0. The van der Waals surface area contributed by atoms with E-state index in [4.69, 9.17) is 5.73 Å². The third kappa shape index (κ3) is 2.78. The predicted octanol–water partition coefficient (Wildman–Crippen LogP) is 2.06. The molecule has 0 bridgehead atoms. The van der Waals surface area contributed by atoms with Gasteiger partial charge in [0.25, 0.3) is 5.91 Å². The van der Waals surface area contributed by atoms with E-state index in [1.165, 1.54) is 24.4 Å². The molecule has 0 atom stereocenters. The Bertz CT molecular complexity index is 540. The summed E-state index contributed by atoms with van der Waals surface area (Å²) in [5.74, 6) is -0.502. The molecule has 0 aliphatic rings. The molecule has 5 heteroatoms. The van der Waals surface area contributed by atoms with Crippen molar-refractivity contribution in [3.63, 3.8) is 0 Å². The monoisotopic (exact) mass is 231 g/mol. The van der Waals surface area contributed by atoms with Gasteiger partial charge in [0.05, 0.1) is 11.9 Å². The highest BCUT2D eigenvalue weighted by Gasteiger charge is 2.07. The molecule has 1 amide bonds. The Morgan fingerprint density at radius 1 is 1.29 bits per heavy atom. The SMILES string of the molecule is Nc1ccc(NC(=O)c2cccc(F)c2)nc1. The average molecular weight is 231 g/mol. The van der Waals surface area contributed by atoms with Crippen LogP contribution in [0, 0.1) is 5.82 Å². The minimum absolute atomic E-state index is 0.239. The number of hydrogen-bond donors (Lipinski definition) is 2. The number of aromatic nitrogens is 1. The van der Waals surface area contributed by atoms with Gasteiger partial charge in [-0.2, -0.15) is 0 Å². The van der Waals surface area contributed by atoms with E-state index in [0.717, 1.165) is 6.07 Å². The van der Waals surface area contributed by atoms with Gasteiger partial charge in [0.15, 0.2) is 0 Å². The first-order chi connectivity index (χ1) is 8.15. The third-order valence-corrected chi connectivity index (χ3v) is 2.11. The number of nitrogens with zero attached hydrogens (tertiary/aromatic N) is 1. The highest BCUT2D eigenvalue weighted by atomic mass is 19.1. The summed E-state index contributed by atoms with van der Waals surface area (Å²) in [6, 6.07) is 8.63. The van der Waals surface area contributed by atoms with Crippen LogP contribution in [-0.4, -0.2) is 10.9 Å². The number of hydrogen-bond acceptors (Lipinski definition) is 3. The van der Waals surface area contributed by atoms with Crippen molar-refractivity contribution in [1.29, 1.82) is 0 Å². The lowest BCUT2D eigenvalue weighted by Gasteiger charge is -2.04. The van der Waals surface area contributed by atoms with Crippen LogP contribution in [0.25, 0.3) is 0 Å². The normalized spacial score (nSPS) is 9.94. The van der Waals surface area contributed by atoms with Crippen molar-refractivity contribution in [3.05, 3.63) is 54.0 Å². The van der Waals surface area contributed by atoms with Gasteiger partial charge in [0, 0.05) is 5.56 Å². The van der Waals surface area contributed by atoms with Crippen LogP contribution in [0.4, 0.5) is 15.9 Å². The molecule has 1 aromatic carbocycles. The van der Waals surface area contributed by atoms with Gasteiger partial charge in [-0.05, 0) is 30.3 Å². The van der Waals surface area contributed by atoms with Crippen LogP contribution in [0.2, 0.25) is 0 Å². The number of nitrogens with one attached hydrogen (secondary N) is 1. The number of nitrogen functional groups attached to an aromatic ring is 1. The zero-order chi connectivity index (χ0) is 12.3. The molecule has 0 unspecified atom stereocenters. The number of rotatable bonds is 2. The molecule has 4 nitrogen and oxygen atoms in total. The van der Waals surface area contributed by atoms with Crippen LogP contribution >= 0.6 is 0 Å². The fourth-order valence-corrected chi connectivity index (χ4v) is 1.30. The summed E-state index contributed by atoms with van der Waals surface area (Å²) in [6.07, 6.45) is 1.43. The van der Waals surface area contributed by atoms with Crippen LogP contribution in [0.15, 0.2) is 42.6 Å². The van der Waals surface area contributed by atoms with Gasteiger partial charge in [0.2, 0.25) is 0 Å². The second-order valence-corrected chi connectivity index (χ2v) is 3.44. The van der Waals surface area contributed by atoms with Crippen LogP contribution in [0.5, 0.6) is 0 Å². The van der Waals surface area contributed by atoms with Gasteiger partial charge >= 0.3 is 0 Å². The lowest BCUT2D eigenvalue weighted by Crippen LogP contribution is -2.13. The summed E-state index contributed by atoms with van der Waals surface area (Å²) in [7, 11) is 0.